The van der Waals surface area contributed by atoms with Gasteiger partial charge >= 0.3 is 0 Å². The molecule has 3 heterocycles. The molecule has 7 aromatic carbocycles. The summed E-state index contributed by atoms with van der Waals surface area (Å²) in [5.74, 6) is 2.03. The molecule has 0 atom stereocenters. The summed E-state index contributed by atoms with van der Waals surface area (Å²) in [6.45, 7) is 0. The summed E-state index contributed by atoms with van der Waals surface area (Å²) in [4.78, 5) is 15.5. The lowest BCUT2D eigenvalue weighted by molar-refractivity contribution is 1.08. The minimum atomic E-state index is 0.670. The topological polar surface area (TPSA) is 38.7 Å². The first-order valence-electron chi connectivity index (χ1n) is 15.3. The minimum Gasteiger partial charge on any atom is -0.208 e. The number of nitrogens with zero attached hydrogens (tertiary/aromatic N) is 3. The van der Waals surface area contributed by atoms with Crippen LogP contribution in [0.5, 0.6) is 0 Å². The van der Waals surface area contributed by atoms with E-state index in [0.717, 1.165) is 16.7 Å². The van der Waals surface area contributed by atoms with Crippen LogP contribution in [0.3, 0.4) is 0 Å². The number of fused-ring (bicyclic) bond motifs is 10. The Labute approximate surface area is 272 Å². The van der Waals surface area contributed by atoms with Gasteiger partial charge in [-0.2, -0.15) is 0 Å². The molecule has 3 aromatic heterocycles. The van der Waals surface area contributed by atoms with Gasteiger partial charge in [0.05, 0.1) is 0 Å². The molecule has 0 N–H and O–H groups in total. The van der Waals surface area contributed by atoms with Crippen LogP contribution in [0.1, 0.15) is 0 Å². The zero-order valence-electron chi connectivity index (χ0n) is 24.4. The van der Waals surface area contributed by atoms with Gasteiger partial charge in [0.2, 0.25) is 0 Å². The molecular weight excluding hydrogens is 599 g/mol. The molecule has 10 rings (SSSR count). The number of benzene rings is 7. The van der Waals surface area contributed by atoms with E-state index in [9.17, 15) is 0 Å². The summed E-state index contributed by atoms with van der Waals surface area (Å²) in [6, 6.07) is 49.5. The van der Waals surface area contributed by atoms with Crippen LogP contribution in [0.2, 0.25) is 0 Å². The van der Waals surface area contributed by atoms with E-state index < -0.39 is 0 Å². The molecule has 0 aliphatic heterocycles. The van der Waals surface area contributed by atoms with Crippen molar-refractivity contribution in [3.05, 3.63) is 140 Å². The molecule has 0 saturated heterocycles. The number of hydrogen-bond donors (Lipinski definition) is 0. The third kappa shape index (κ3) is 3.92. The maximum Gasteiger partial charge on any atom is 0.164 e. The molecule has 0 unspecified atom stereocenters. The molecule has 0 radical (unpaired) electrons. The van der Waals surface area contributed by atoms with Gasteiger partial charge in [-0.15, -0.1) is 22.7 Å². The number of rotatable bonds is 3. The number of aromatic nitrogens is 3. The largest absolute Gasteiger partial charge is 0.208 e. The molecule has 0 spiro atoms. The summed E-state index contributed by atoms with van der Waals surface area (Å²) >= 11 is 3.66. The minimum absolute atomic E-state index is 0.670. The van der Waals surface area contributed by atoms with E-state index in [-0.39, 0.29) is 0 Å². The Morgan fingerprint density at radius 2 is 1.00 bits per heavy atom. The Balaban J connectivity index is 1.29. The van der Waals surface area contributed by atoms with Crippen LogP contribution < -0.4 is 0 Å². The van der Waals surface area contributed by atoms with Crippen molar-refractivity contribution in [1.82, 2.24) is 15.0 Å². The third-order valence-electron chi connectivity index (χ3n) is 8.90. The maximum atomic E-state index is 5.25. The zero-order valence-corrected chi connectivity index (χ0v) is 26.1. The monoisotopic (exact) mass is 621 g/mol. The molecule has 214 valence electrons. The van der Waals surface area contributed by atoms with Crippen LogP contribution in [-0.2, 0) is 0 Å². The smallest absolute Gasteiger partial charge is 0.164 e. The Kier molecular flexibility index (Phi) is 5.61. The molecule has 46 heavy (non-hydrogen) atoms. The first kappa shape index (κ1) is 25.8. The summed E-state index contributed by atoms with van der Waals surface area (Å²) in [7, 11) is 0. The second kappa shape index (κ2) is 10.0. The highest BCUT2D eigenvalue weighted by Crippen LogP contribution is 2.46. The van der Waals surface area contributed by atoms with Gasteiger partial charge in [0.1, 0.15) is 0 Å². The van der Waals surface area contributed by atoms with Crippen LogP contribution in [0.4, 0.5) is 0 Å². The fourth-order valence-corrected chi connectivity index (χ4v) is 9.21. The van der Waals surface area contributed by atoms with E-state index >= 15 is 0 Å². The Hall–Kier alpha value is -5.49. The summed E-state index contributed by atoms with van der Waals surface area (Å²) < 4.78 is 5.03. The number of hydrogen-bond acceptors (Lipinski definition) is 5. The molecule has 0 fully saturated rings. The average molecular weight is 622 g/mol. The predicted molar refractivity (Wildman–Crippen MR) is 197 cm³/mol. The van der Waals surface area contributed by atoms with Crippen LogP contribution in [0.25, 0.3) is 96.1 Å². The van der Waals surface area contributed by atoms with Crippen LogP contribution in [0.15, 0.2) is 140 Å². The van der Waals surface area contributed by atoms with E-state index in [4.69, 9.17) is 15.0 Å². The summed E-state index contributed by atoms with van der Waals surface area (Å²) in [5, 5.41) is 9.94. The van der Waals surface area contributed by atoms with E-state index in [1.807, 2.05) is 40.9 Å². The van der Waals surface area contributed by atoms with Gasteiger partial charge in [0, 0.05) is 62.4 Å². The average Bonchev–Trinajstić information content (AvgIpc) is 3.70. The predicted octanol–water partition coefficient (Wildman–Crippen LogP) is 11.9. The summed E-state index contributed by atoms with van der Waals surface area (Å²) in [6.07, 6.45) is 0. The molecule has 0 saturated carbocycles. The molecule has 3 nitrogen and oxygen atoms in total. The highest BCUT2D eigenvalue weighted by molar-refractivity contribution is 7.27. The molecule has 0 aliphatic carbocycles. The van der Waals surface area contributed by atoms with E-state index in [1.165, 1.54) is 61.9 Å². The van der Waals surface area contributed by atoms with Gasteiger partial charge in [-0.1, -0.05) is 115 Å². The van der Waals surface area contributed by atoms with E-state index in [0.29, 0.717) is 17.5 Å². The molecular formula is C41H23N3S2. The van der Waals surface area contributed by atoms with Crippen LogP contribution in [0, 0.1) is 0 Å². The third-order valence-corrected chi connectivity index (χ3v) is 11.2. The van der Waals surface area contributed by atoms with Crippen molar-refractivity contribution in [1.29, 1.82) is 0 Å². The van der Waals surface area contributed by atoms with Gasteiger partial charge < -0.3 is 0 Å². The maximum absolute atomic E-state index is 5.25. The lowest BCUT2D eigenvalue weighted by atomic mass is 9.96. The molecule has 0 bridgehead atoms. The Morgan fingerprint density at radius 3 is 1.85 bits per heavy atom. The van der Waals surface area contributed by atoms with Gasteiger partial charge in [-0.25, -0.2) is 15.0 Å². The van der Waals surface area contributed by atoms with Gasteiger partial charge in [0.15, 0.2) is 17.5 Å². The number of thiophene rings is 2. The molecule has 5 heteroatoms. The second-order valence-electron chi connectivity index (χ2n) is 11.6. The normalized spacial score (nSPS) is 11.9. The molecule has 0 amide bonds. The van der Waals surface area contributed by atoms with Gasteiger partial charge in [-0.3, -0.25) is 0 Å². The van der Waals surface area contributed by atoms with Gasteiger partial charge in [-0.05, 0) is 40.4 Å². The van der Waals surface area contributed by atoms with Crippen molar-refractivity contribution in [2.75, 3.05) is 0 Å². The van der Waals surface area contributed by atoms with Crippen LogP contribution >= 0.6 is 22.7 Å². The molecule has 0 aliphatic rings. The standard InChI is InChI=1S/C41H23N3S2/c1-2-11-25(12-3-1)39-42-40(27-20-21-30-29-14-6-8-16-33(29)45-35(30)23-27)44-41(43-39)32-22-26-19-18-24-10-4-5-13-28(24)36(26)38-37(32)31-15-7-9-17-34(31)46-38/h1-23H. The van der Waals surface area contributed by atoms with Crippen molar-refractivity contribution in [2.24, 2.45) is 0 Å². The van der Waals surface area contributed by atoms with Crippen molar-refractivity contribution in [3.8, 4) is 34.2 Å². The highest BCUT2D eigenvalue weighted by atomic mass is 32.1. The van der Waals surface area contributed by atoms with Crippen molar-refractivity contribution >= 4 is 84.6 Å². The Bertz CT molecular complexity index is 2810. The fourth-order valence-electron chi connectivity index (χ4n) is 6.76. The second-order valence-corrected chi connectivity index (χ2v) is 13.7. The van der Waals surface area contributed by atoms with Gasteiger partial charge in [0.25, 0.3) is 0 Å². The quantitative estimate of drug-likeness (QED) is 0.184. The van der Waals surface area contributed by atoms with Crippen molar-refractivity contribution < 1.29 is 0 Å². The van der Waals surface area contributed by atoms with Crippen molar-refractivity contribution in [2.45, 2.75) is 0 Å². The van der Waals surface area contributed by atoms with E-state index in [1.54, 1.807) is 0 Å². The molecule has 10 aromatic rings. The lowest BCUT2D eigenvalue weighted by Gasteiger charge is -2.12. The zero-order chi connectivity index (χ0) is 30.2. The first-order valence-corrected chi connectivity index (χ1v) is 16.9. The first-order chi connectivity index (χ1) is 22.8. The lowest BCUT2D eigenvalue weighted by Crippen LogP contribution is -2.00. The fraction of sp³-hybridized carbons (Fsp3) is 0. The van der Waals surface area contributed by atoms with E-state index in [2.05, 4.69) is 121 Å². The SMILES string of the molecule is c1ccc(-c2nc(-c3ccc4c(c3)sc3ccccc34)nc(-c3cc4ccc5ccccc5c4c4sc5ccccc5c34)n2)cc1. The Morgan fingerprint density at radius 1 is 0.370 bits per heavy atom. The summed E-state index contributed by atoms with van der Waals surface area (Å²) in [5.41, 5.74) is 2.98. The van der Waals surface area contributed by atoms with Crippen LogP contribution in [-0.4, -0.2) is 15.0 Å². The van der Waals surface area contributed by atoms with Crippen molar-refractivity contribution in [3.63, 3.8) is 0 Å². The highest BCUT2D eigenvalue weighted by Gasteiger charge is 2.20.